The molecule has 22 heavy (non-hydrogen) atoms. The van der Waals surface area contributed by atoms with E-state index in [1.807, 2.05) is 13.8 Å². The summed E-state index contributed by atoms with van der Waals surface area (Å²) in [7, 11) is 0. The molecule has 0 bridgehead atoms. The third-order valence-corrected chi connectivity index (χ3v) is 3.92. The van der Waals surface area contributed by atoms with Crippen molar-refractivity contribution >= 4 is 0 Å². The molecule has 0 saturated carbocycles. The van der Waals surface area contributed by atoms with Gasteiger partial charge in [-0.05, 0) is 32.3 Å². The highest BCUT2D eigenvalue weighted by Crippen LogP contribution is 2.40. The van der Waals surface area contributed by atoms with Crippen LogP contribution in [0.5, 0.6) is 0 Å². The second kappa shape index (κ2) is 5.92. The summed E-state index contributed by atoms with van der Waals surface area (Å²) in [6.07, 6.45) is 1.00. The van der Waals surface area contributed by atoms with E-state index >= 15 is 0 Å². The third kappa shape index (κ3) is 3.20. The molecule has 3 heterocycles. The molecule has 6 heteroatoms. The average molecular weight is 314 g/mol. The lowest BCUT2D eigenvalue weighted by Gasteiger charge is -2.26. The van der Waals surface area contributed by atoms with Crippen molar-refractivity contribution in [2.24, 2.45) is 5.92 Å². The number of fused-ring (bicyclic) bond motifs is 1. The summed E-state index contributed by atoms with van der Waals surface area (Å²) in [4.78, 5) is 0. The van der Waals surface area contributed by atoms with Gasteiger partial charge in [-0.2, -0.15) is 4.39 Å². The minimum Gasteiger partial charge on any atom is -0.439 e. The van der Waals surface area contributed by atoms with Crippen LogP contribution in [-0.2, 0) is 25.6 Å². The predicted octanol–water partition coefficient (Wildman–Crippen LogP) is 3.23. The zero-order chi connectivity index (χ0) is 15.9. The van der Waals surface area contributed by atoms with Crippen LogP contribution in [0.15, 0.2) is 16.7 Å². The molecule has 0 aromatic carbocycles. The van der Waals surface area contributed by atoms with E-state index in [9.17, 15) is 4.39 Å². The maximum atomic E-state index is 13.4. The van der Waals surface area contributed by atoms with E-state index in [2.05, 4.69) is 18.3 Å². The monoisotopic (exact) mass is 314 g/mol. The minimum atomic E-state index is -0.694. The SMILES string of the molecule is CC(C)C[C@H]1O[C@@H]2OC(C)(C)O[C@@H]2[C@H]1OCc1ccoc1F. The number of furan rings is 1. The fourth-order valence-electron chi connectivity index (χ4n) is 3.01. The van der Waals surface area contributed by atoms with Crippen molar-refractivity contribution in [3.8, 4) is 0 Å². The predicted molar refractivity (Wildman–Crippen MR) is 75.4 cm³/mol. The van der Waals surface area contributed by atoms with Crippen LogP contribution in [0.25, 0.3) is 0 Å². The van der Waals surface area contributed by atoms with Crippen molar-refractivity contribution in [3.63, 3.8) is 0 Å². The number of halogens is 1. The van der Waals surface area contributed by atoms with Gasteiger partial charge in [0.2, 0.25) is 0 Å². The lowest BCUT2D eigenvalue weighted by atomic mass is 10.0. The molecule has 0 N–H and O–H groups in total. The van der Waals surface area contributed by atoms with Crippen LogP contribution in [0.2, 0.25) is 0 Å². The molecule has 1 aromatic heterocycles. The first-order valence-electron chi connectivity index (χ1n) is 7.70. The first-order chi connectivity index (χ1) is 10.4. The molecule has 3 rings (SSSR count). The summed E-state index contributed by atoms with van der Waals surface area (Å²) < 4.78 is 41.6. The molecule has 2 fully saturated rings. The Bertz CT molecular complexity index is 512. The molecule has 5 nitrogen and oxygen atoms in total. The van der Waals surface area contributed by atoms with Gasteiger partial charge in [0.05, 0.1) is 24.5 Å². The average Bonchev–Trinajstić information content (AvgIpc) is 3.00. The quantitative estimate of drug-likeness (QED) is 0.835. The molecular formula is C16H23FO5. The minimum absolute atomic E-state index is 0.123. The fourth-order valence-corrected chi connectivity index (χ4v) is 3.01. The summed E-state index contributed by atoms with van der Waals surface area (Å²) in [6.45, 7) is 8.06. The van der Waals surface area contributed by atoms with Crippen molar-refractivity contribution in [1.29, 1.82) is 0 Å². The van der Waals surface area contributed by atoms with E-state index in [0.717, 1.165) is 6.42 Å². The first kappa shape index (κ1) is 15.9. The summed E-state index contributed by atoms with van der Waals surface area (Å²) >= 11 is 0. The van der Waals surface area contributed by atoms with Crippen LogP contribution >= 0.6 is 0 Å². The maximum absolute atomic E-state index is 13.4. The molecule has 124 valence electrons. The first-order valence-corrected chi connectivity index (χ1v) is 7.70. The van der Waals surface area contributed by atoms with E-state index in [4.69, 9.17) is 18.9 Å². The van der Waals surface area contributed by atoms with Crippen LogP contribution in [0.4, 0.5) is 4.39 Å². The van der Waals surface area contributed by atoms with E-state index in [1.165, 1.54) is 6.26 Å². The Morgan fingerprint density at radius 1 is 1.32 bits per heavy atom. The Morgan fingerprint density at radius 3 is 2.73 bits per heavy atom. The number of ether oxygens (including phenoxy) is 4. The van der Waals surface area contributed by atoms with Crippen LogP contribution < -0.4 is 0 Å². The van der Waals surface area contributed by atoms with E-state index in [-0.39, 0.29) is 24.9 Å². The van der Waals surface area contributed by atoms with Gasteiger partial charge >= 0.3 is 0 Å². The topological polar surface area (TPSA) is 50.1 Å². The largest absolute Gasteiger partial charge is 0.439 e. The van der Waals surface area contributed by atoms with Gasteiger partial charge in [0.15, 0.2) is 12.1 Å². The maximum Gasteiger partial charge on any atom is 0.283 e. The Kier molecular flexibility index (Phi) is 4.29. The highest BCUT2D eigenvalue weighted by Gasteiger charge is 2.55. The molecule has 2 saturated heterocycles. The summed E-state index contributed by atoms with van der Waals surface area (Å²) in [5, 5.41) is 0. The fraction of sp³-hybridized carbons (Fsp3) is 0.750. The highest BCUT2D eigenvalue weighted by molar-refractivity contribution is 5.06. The number of hydrogen-bond donors (Lipinski definition) is 0. The van der Waals surface area contributed by atoms with Crippen molar-refractivity contribution in [3.05, 3.63) is 23.9 Å². The van der Waals surface area contributed by atoms with Gasteiger partial charge in [-0.15, -0.1) is 0 Å². The van der Waals surface area contributed by atoms with Gasteiger partial charge in [-0.25, -0.2) is 0 Å². The van der Waals surface area contributed by atoms with E-state index in [0.29, 0.717) is 11.5 Å². The Hall–Kier alpha value is -0.950. The summed E-state index contributed by atoms with van der Waals surface area (Å²) in [6, 6.07) is 0.954. The zero-order valence-corrected chi connectivity index (χ0v) is 13.4. The molecule has 0 unspecified atom stereocenters. The number of rotatable bonds is 5. The van der Waals surface area contributed by atoms with Gasteiger partial charge in [0.25, 0.3) is 6.01 Å². The van der Waals surface area contributed by atoms with Gasteiger partial charge in [-0.3, -0.25) is 0 Å². The molecule has 2 aliphatic heterocycles. The molecule has 4 atom stereocenters. The second-order valence-corrected chi connectivity index (χ2v) is 6.77. The lowest BCUT2D eigenvalue weighted by Crippen LogP contribution is -2.37. The number of hydrogen-bond acceptors (Lipinski definition) is 5. The lowest BCUT2D eigenvalue weighted by molar-refractivity contribution is -0.220. The molecular weight excluding hydrogens is 291 g/mol. The van der Waals surface area contributed by atoms with Gasteiger partial charge in [0.1, 0.15) is 12.2 Å². The zero-order valence-electron chi connectivity index (χ0n) is 13.4. The molecule has 0 spiro atoms. The molecule has 2 aliphatic rings. The summed E-state index contributed by atoms with van der Waals surface area (Å²) in [5.41, 5.74) is 0.393. The molecule has 1 aromatic rings. The second-order valence-electron chi connectivity index (χ2n) is 6.77. The van der Waals surface area contributed by atoms with Crippen molar-refractivity contribution in [2.75, 3.05) is 0 Å². The summed E-state index contributed by atoms with van der Waals surface area (Å²) in [5.74, 6) is -0.241. The van der Waals surface area contributed by atoms with Gasteiger partial charge < -0.3 is 23.4 Å². The van der Waals surface area contributed by atoms with Crippen LogP contribution in [0, 0.1) is 11.9 Å². The van der Waals surface area contributed by atoms with Gasteiger partial charge in [0, 0.05) is 0 Å². The van der Waals surface area contributed by atoms with Gasteiger partial charge in [-0.1, -0.05) is 13.8 Å². The third-order valence-electron chi connectivity index (χ3n) is 3.92. The highest BCUT2D eigenvalue weighted by atomic mass is 19.1. The Labute approximate surface area is 129 Å². The Balaban J connectivity index is 1.70. The smallest absolute Gasteiger partial charge is 0.283 e. The van der Waals surface area contributed by atoms with E-state index < -0.39 is 18.1 Å². The van der Waals surface area contributed by atoms with Crippen molar-refractivity contribution in [2.45, 2.75) is 71.1 Å². The van der Waals surface area contributed by atoms with Crippen LogP contribution in [0.3, 0.4) is 0 Å². The Morgan fingerprint density at radius 2 is 2.09 bits per heavy atom. The van der Waals surface area contributed by atoms with E-state index in [1.54, 1.807) is 6.07 Å². The van der Waals surface area contributed by atoms with Crippen LogP contribution in [0.1, 0.15) is 39.7 Å². The molecule has 0 amide bonds. The van der Waals surface area contributed by atoms with Crippen molar-refractivity contribution in [1.82, 2.24) is 0 Å². The van der Waals surface area contributed by atoms with Crippen molar-refractivity contribution < 1.29 is 27.8 Å². The molecule has 0 radical (unpaired) electrons. The molecule has 0 aliphatic carbocycles. The van der Waals surface area contributed by atoms with Crippen LogP contribution in [-0.4, -0.2) is 30.4 Å². The normalized spacial score (nSPS) is 33.5. The standard InChI is InChI=1S/C16H23FO5/c1-9(2)7-11-12(19-8-10-5-6-18-14(10)17)13-15(20-11)22-16(3,4)21-13/h5-6,9,11-13,15H,7-8H2,1-4H3/t11-,12+,13-,15-/m1/s1.